The van der Waals surface area contributed by atoms with Crippen molar-refractivity contribution in [2.75, 3.05) is 19.6 Å². The van der Waals surface area contributed by atoms with Gasteiger partial charge < -0.3 is 10.2 Å². The summed E-state index contributed by atoms with van der Waals surface area (Å²) in [6, 6.07) is 3.79. The first-order valence-electron chi connectivity index (χ1n) is 5.21. The summed E-state index contributed by atoms with van der Waals surface area (Å²) in [5, 5.41) is 3.26. The monoisotopic (exact) mass is 241 g/mol. The molecule has 4 nitrogen and oxygen atoms in total. The van der Waals surface area contributed by atoms with Gasteiger partial charge in [-0.05, 0) is 19.1 Å². The number of hydrogen-bond donors (Lipinski definition) is 1. The number of hydrogen-bond acceptors (Lipinski definition) is 3. The van der Waals surface area contributed by atoms with E-state index in [1.807, 2.05) is 4.90 Å². The average Bonchev–Trinajstić information content (AvgIpc) is 2.30. The first-order chi connectivity index (χ1) is 7.29. The van der Waals surface area contributed by atoms with E-state index < -0.39 is 0 Å². The second kappa shape index (κ2) is 5.82. The number of amides is 1. The molecule has 1 amide bonds. The predicted molar refractivity (Wildman–Crippen MR) is 64.9 cm³/mol. The lowest BCUT2D eigenvalue weighted by Gasteiger charge is -2.34. The third-order valence-corrected chi connectivity index (χ3v) is 2.69. The fourth-order valence-electron chi connectivity index (χ4n) is 1.80. The van der Waals surface area contributed by atoms with E-state index in [1.54, 1.807) is 24.5 Å². The van der Waals surface area contributed by atoms with Crippen molar-refractivity contribution in [1.82, 2.24) is 15.2 Å². The van der Waals surface area contributed by atoms with Crippen molar-refractivity contribution in [1.29, 1.82) is 0 Å². The maximum Gasteiger partial charge on any atom is 0.254 e. The summed E-state index contributed by atoms with van der Waals surface area (Å²) in [6.07, 6.45) is 3.31. The molecule has 1 aromatic rings. The van der Waals surface area contributed by atoms with Gasteiger partial charge in [-0.15, -0.1) is 12.4 Å². The fraction of sp³-hybridized carbons (Fsp3) is 0.455. The fourth-order valence-corrected chi connectivity index (χ4v) is 1.80. The van der Waals surface area contributed by atoms with E-state index in [2.05, 4.69) is 17.2 Å². The Morgan fingerprint density at radius 3 is 2.81 bits per heavy atom. The van der Waals surface area contributed by atoms with Crippen molar-refractivity contribution in [3.8, 4) is 0 Å². The highest BCUT2D eigenvalue weighted by molar-refractivity contribution is 5.94. The molecule has 0 radical (unpaired) electrons. The second-order valence-electron chi connectivity index (χ2n) is 3.79. The van der Waals surface area contributed by atoms with Gasteiger partial charge in [-0.25, -0.2) is 0 Å². The van der Waals surface area contributed by atoms with Crippen LogP contribution in [0.15, 0.2) is 24.5 Å². The van der Waals surface area contributed by atoms with Gasteiger partial charge in [0, 0.05) is 43.6 Å². The van der Waals surface area contributed by atoms with Gasteiger partial charge in [0.05, 0.1) is 0 Å². The summed E-state index contributed by atoms with van der Waals surface area (Å²) in [7, 11) is 0. The molecule has 0 aromatic carbocycles. The minimum atomic E-state index is 0. The zero-order valence-corrected chi connectivity index (χ0v) is 10.0. The van der Waals surface area contributed by atoms with Crippen LogP contribution in [0.5, 0.6) is 0 Å². The Hall–Kier alpha value is -1.13. The van der Waals surface area contributed by atoms with E-state index in [0.717, 1.165) is 25.2 Å². The number of nitrogens with one attached hydrogen (secondary N) is 1. The molecule has 1 unspecified atom stereocenters. The van der Waals surface area contributed by atoms with Crippen LogP contribution >= 0.6 is 12.4 Å². The summed E-state index contributed by atoms with van der Waals surface area (Å²) in [5.74, 6) is 0.103. The zero-order valence-electron chi connectivity index (χ0n) is 9.22. The van der Waals surface area contributed by atoms with Crippen molar-refractivity contribution in [2.24, 2.45) is 0 Å². The summed E-state index contributed by atoms with van der Waals surface area (Å²) in [5.41, 5.74) is 0.721. The van der Waals surface area contributed by atoms with Crippen LogP contribution in [-0.2, 0) is 0 Å². The maximum atomic E-state index is 12.1. The summed E-state index contributed by atoms with van der Waals surface area (Å²) >= 11 is 0. The molecule has 0 saturated carbocycles. The minimum absolute atomic E-state index is 0. The zero-order chi connectivity index (χ0) is 10.7. The molecule has 5 heteroatoms. The Morgan fingerprint density at radius 2 is 2.19 bits per heavy atom. The molecule has 2 heterocycles. The number of halogens is 1. The third kappa shape index (κ3) is 2.71. The van der Waals surface area contributed by atoms with Crippen LogP contribution in [0.3, 0.4) is 0 Å². The van der Waals surface area contributed by atoms with Crippen molar-refractivity contribution in [3.63, 3.8) is 0 Å². The van der Waals surface area contributed by atoms with Crippen LogP contribution in [0.1, 0.15) is 17.3 Å². The molecule has 1 saturated heterocycles. The molecule has 1 aliphatic rings. The van der Waals surface area contributed by atoms with E-state index in [-0.39, 0.29) is 24.4 Å². The molecule has 1 aromatic heterocycles. The van der Waals surface area contributed by atoms with Gasteiger partial charge in [0.15, 0.2) is 0 Å². The number of rotatable bonds is 1. The summed E-state index contributed by atoms with van der Waals surface area (Å²) in [6.45, 7) is 4.59. The Balaban J connectivity index is 0.00000128. The van der Waals surface area contributed by atoms with Crippen molar-refractivity contribution in [3.05, 3.63) is 30.1 Å². The molecular formula is C11H16ClN3O. The molecule has 1 atom stereocenters. The van der Waals surface area contributed by atoms with Crippen LogP contribution < -0.4 is 5.32 Å². The standard InChI is InChI=1S/C11H15N3O.ClH/c1-9-8-13-6-7-14(9)11(15)10-2-4-12-5-3-10;/h2-5,9,13H,6-8H2,1H3;1H. The van der Waals surface area contributed by atoms with E-state index in [4.69, 9.17) is 0 Å². The summed E-state index contributed by atoms with van der Waals surface area (Å²) < 4.78 is 0. The minimum Gasteiger partial charge on any atom is -0.333 e. The van der Waals surface area contributed by atoms with Gasteiger partial charge in [0.2, 0.25) is 0 Å². The van der Waals surface area contributed by atoms with Crippen molar-refractivity contribution >= 4 is 18.3 Å². The Kier molecular flexibility index (Phi) is 4.71. The molecule has 1 N–H and O–H groups in total. The molecule has 0 spiro atoms. The Bertz CT molecular complexity index is 344. The van der Waals surface area contributed by atoms with Crippen molar-refractivity contribution in [2.45, 2.75) is 13.0 Å². The molecule has 0 bridgehead atoms. The van der Waals surface area contributed by atoms with Gasteiger partial charge in [0.1, 0.15) is 0 Å². The van der Waals surface area contributed by atoms with Crippen LogP contribution in [0.2, 0.25) is 0 Å². The van der Waals surface area contributed by atoms with Crippen LogP contribution in [0, 0.1) is 0 Å². The number of nitrogens with zero attached hydrogens (tertiary/aromatic N) is 2. The average molecular weight is 242 g/mol. The lowest BCUT2D eigenvalue weighted by molar-refractivity contribution is 0.0655. The number of carbonyl (C=O) groups excluding carboxylic acids is 1. The predicted octanol–water partition coefficient (Wildman–Crippen LogP) is 0.937. The Morgan fingerprint density at radius 1 is 1.50 bits per heavy atom. The van der Waals surface area contributed by atoms with E-state index in [1.165, 1.54) is 0 Å². The molecule has 1 aliphatic heterocycles. The lowest BCUT2D eigenvalue weighted by atomic mass is 10.1. The van der Waals surface area contributed by atoms with Crippen LogP contribution in [0.4, 0.5) is 0 Å². The lowest BCUT2D eigenvalue weighted by Crippen LogP contribution is -2.52. The quantitative estimate of drug-likeness (QED) is 0.796. The largest absolute Gasteiger partial charge is 0.333 e. The number of aromatic nitrogens is 1. The smallest absolute Gasteiger partial charge is 0.254 e. The SMILES string of the molecule is CC1CNCCN1C(=O)c1ccncc1.Cl. The highest BCUT2D eigenvalue weighted by atomic mass is 35.5. The molecular weight excluding hydrogens is 226 g/mol. The van der Waals surface area contributed by atoms with Crippen molar-refractivity contribution < 1.29 is 4.79 Å². The van der Waals surface area contributed by atoms with E-state index in [9.17, 15) is 4.79 Å². The number of carbonyl (C=O) groups is 1. The highest BCUT2D eigenvalue weighted by Crippen LogP contribution is 2.09. The van der Waals surface area contributed by atoms with E-state index in [0.29, 0.717) is 0 Å². The highest BCUT2D eigenvalue weighted by Gasteiger charge is 2.23. The van der Waals surface area contributed by atoms with Gasteiger partial charge >= 0.3 is 0 Å². The van der Waals surface area contributed by atoms with Gasteiger partial charge in [-0.2, -0.15) is 0 Å². The van der Waals surface area contributed by atoms with E-state index >= 15 is 0 Å². The topological polar surface area (TPSA) is 45.2 Å². The van der Waals surface area contributed by atoms with Crippen LogP contribution in [-0.4, -0.2) is 41.5 Å². The first-order valence-corrected chi connectivity index (χ1v) is 5.21. The number of piperazine rings is 1. The molecule has 88 valence electrons. The van der Waals surface area contributed by atoms with Crippen LogP contribution in [0.25, 0.3) is 0 Å². The van der Waals surface area contributed by atoms with Gasteiger partial charge in [0.25, 0.3) is 5.91 Å². The molecule has 0 aliphatic carbocycles. The number of pyridine rings is 1. The first kappa shape index (κ1) is 12.9. The van der Waals surface area contributed by atoms with Gasteiger partial charge in [-0.1, -0.05) is 0 Å². The molecule has 2 rings (SSSR count). The molecule has 1 fully saturated rings. The third-order valence-electron chi connectivity index (χ3n) is 2.69. The van der Waals surface area contributed by atoms with Gasteiger partial charge in [-0.3, -0.25) is 9.78 Å². The second-order valence-corrected chi connectivity index (χ2v) is 3.79. The maximum absolute atomic E-state index is 12.1. The normalized spacial score (nSPS) is 20.1. The summed E-state index contributed by atoms with van der Waals surface area (Å²) in [4.78, 5) is 17.9. The molecule has 16 heavy (non-hydrogen) atoms. The Labute approximate surface area is 101 Å².